The lowest BCUT2D eigenvalue weighted by molar-refractivity contribution is 0.206. The summed E-state index contributed by atoms with van der Waals surface area (Å²) in [6.45, 7) is 0.807. The van der Waals surface area contributed by atoms with Gasteiger partial charge in [-0.1, -0.05) is 0 Å². The monoisotopic (exact) mass is 124 g/mol. The van der Waals surface area contributed by atoms with Gasteiger partial charge in [0.25, 0.3) is 0 Å². The molecule has 0 aromatic heterocycles. The summed E-state index contributed by atoms with van der Waals surface area (Å²) < 4.78 is 5.17. The molecule has 0 aliphatic carbocycles. The van der Waals surface area contributed by atoms with Gasteiger partial charge >= 0.3 is 0 Å². The third-order valence-electron chi connectivity index (χ3n) is 1.68. The molecule has 0 fully saturated rings. The number of nitrogens with zero attached hydrogens (tertiary/aromatic N) is 2. The van der Waals surface area contributed by atoms with E-state index in [1.807, 2.05) is 6.21 Å². The van der Waals surface area contributed by atoms with E-state index in [-0.39, 0.29) is 0 Å². The van der Waals surface area contributed by atoms with Crippen LogP contribution in [-0.2, 0) is 4.74 Å². The maximum absolute atomic E-state index is 5.17. The average molecular weight is 124 g/mol. The normalized spacial score (nSPS) is 38.2. The molecule has 2 aliphatic rings. The van der Waals surface area contributed by atoms with Crippen LogP contribution in [0.15, 0.2) is 9.98 Å². The van der Waals surface area contributed by atoms with Crippen molar-refractivity contribution in [3.8, 4) is 0 Å². The number of rotatable bonds is 0. The van der Waals surface area contributed by atoms with E-state index in [4.69, 9.17) is 4.74 Å². The minimum atomic E-state index is 0.294. The van der Waals surface area contributed by atoms with E-state index in [1.165, 1.54) is 0 Å². The first kappa shape index (κ1) is 4.97. The van der Waals surface area contributed by atoms with Crippen LogP contribution in [-0.4, -0.2) is 31.3 Å². The predicted octanol–water partition coefficient (Wildman–Crippen LogP) is 0.257. The highest BCUT2D eigenvalue weighted by Gasteiger charge is 2.26. The van der Waals surface area contributed by atoms with E-state index in [0.717, 1.165) is 13.0 Å². The van der Waals surface area contributed by atoms with Gasteiger partial charge in [-0.2, -0.15) is 0 Å². The molecule has 0 saturated heterocycles. The third-order valence-corrected chi connectivity index (χ3v) is 1.68. The van der Waals surface area contributed by atoms with Crippen molar-refractivity contribution in [2.45, 2.75) is 18.6 Å². The molecular formula is C6H8N2O. The summed E-state index contributed by atoms with van der Waals surface area (Å²) >= 11 is 0. The first-order valence-electron chi connectivity index (χ1n) is 3.12. The smallest absolute Gasteiger partial charge is 0.170 e. The van der Waals surface area contributed by atoms with Crippen molar-refractivity contribution in [3.63, 3.8) is 0 Å². The zero-order chi connectivity index (χ0) is 6.10. The number of hydrogen-bond acceptors (Lipinski definition) is 3. The van der Waals surface area contributed by atoms with Crippen molar-refractivity contribution >= 4 is 12.6 Å². The molecule has 0 N–H and O–H groups in total. The summed E-state index contributed by atoms with van der Waals surface area (Å²) in [4.78, 5) is 8.20. The van der Waals surface area contributed by atoms with Crippen molar-refractivity contribution < 1.29 is 4.74 Å². The molecular weight excluding hydrogens is 116 g/mol. The summed E-state index contributed by atoms with van der Waals surface area (Å²) in [6, 6.07) is 0.315. The quantitative estimate of drug-likeness (QED) is 0.456. The number of ether oxygens (including phenoxy) is 1. The lowest BCUT2D eigenvalue weighted by Gasteiger charge is -2.16. The Hall–Kier alpha value is -0.860. The van der Waals surface area contributed by atoms with Gasteiger partial charge in [-0.25, -0.2) is 4.99 Å². The summed E-state index contributed by atoms with van der Waals surface area (Å²) in [5.41, 5.74) is 0. The molecule has 2 unspecified atom stereocenters. The van der Waals surface area contributed by atoms with Gasteiger partial charge in [0.1, 0.15) is 12.1 Å². The molecule has 9 heavy (non-hydrogen) atoms. The van der Waals surface area contributed by atoms with Crippen LogP contribution in [0.5, 0.6) is 0 Å². The second-order valence-electron chi connectivity index (χ2n) is 2.28. The molecule has 0 saturated carbocycles. The fraction of sp³-hybridized carbons (Fsp3) is 0.667. The molecule has 3 nitrogen and oxygen atoms in total. The SMILES string of the molecule is C1=NCC2N=COC2C1. The minimum absolute atomic E-state index is 0.294. The maximum Gasteiger partial charge on any atom is 0.170 e. The molecule has 48 valence electrons. The highest BCUT2D eigenvalue weighted by atomic mass is 16.5. The molecule has 2 aliphatic heterocycles. The predicted molar refractivity (Wildman–Crippen MR) is 35.1 cm³/mol. The largest absolute Gasteiger partial charge is 0.478 e. The van der Waals surface area contributed by atoms with Crippen LogP contribution in [0.3, 0.4) is 0 Å². The molecule has 0 radical (unpaired) electrons. The fourth-order valence-corrected chi connectivity index (χ4v) is 1.12. The minimum Gasteiger partial charge on any atom is -0.478 e. The van der Waals surface area contributed by atoms with Crippen LogP contribution in [0.2, 0.25) is 0 Å². The topological polar surface area (TPSA) is 34.0 Å². The Bertz CT molecular complexity index is 164. The van der Waals surface area contributed by atoms with Crippen LogP contribution in [0.4, 0.5) is 0 Å². The second kappa shape index (κ2) is 1.83. The van der Waals surface area contributed by atoms with Crippen molar-refractivity contribution in [1.29, 1.82) is 0 Å². The second-order valence-corrected chi connectivity index (χ2v) is 2.28. The van der Waals surface area contributed by atoms with E-state index in [2.05, 4.69) is 9.98 Å². The molecule has 2 heterocycles. The lowest BCUT2D eigenvalue weighted by atomic mass is 10.1. The molecule has 0 aromatic carbocycles. The maximum atomic E-state index is 5.17. The van der Waals surface area contributed by atoms with Gasteiger partial charge < -0.3 is 4.74 Å². The van der Waals surface area contributed by atoms with E-state index < -0.39 is 0 Å². The van der Waals surface area contributed by atoms with Gasteiger partial charge in [-0.3, -0.25) is 4.99 Å². The van der Waals surface area contributed by atoms with E-state index in [9.17, 15) is 0 Å². The first-order chi connectivity index (χ1) is 4.47. The van der Waals surface area contributed by atoms with E-state index in [1.54, 1.807) is 6.40 Å². The zero-order valence-electron chi connectivity index (χ0n) is 5.03. The highest BCUT2D eigenvalue weighted by molar-refractivity contribution is 5.62. The zero-order valence-corrected chi connectivity index (χ0v) is 5.03. The Morgan fingerprint density at radius 1 is 1.56 bits per heavy atom. The first-order valence-corrected chi connectivity index (χ1v) is 3.12. The van der Waals surface area contributed by atoms with E-state index >= 15 is 0 Å². The highest BCUT2D eigenvalue weighted by Crippen LogP contribution is 2.15. The average Bonchev–Trinajstić information content (AvgIpc) is 2.33. The molecule has 0 amide bonds. The Kier molecular flexibility index (Phi) is 1.01. The molecule has 2 atom stereocenters. The van der Waals surface area contributed by atoms with Gasteiger partial charge in [-0.05, 0) is 0 Å². The number of aliphatic imine (C=N–C) groups is 2. The Balaban J connectivity index is 2.13. The van der Waals surface area contributed by atoms with Crippen LogP contribution in [0.25, 0.3) is 0 Å². The summed E-state index contributed by atoms with van der Waals surface area (Å²) in [5, 5.41) is 0. The van der Waals surface area contributed by atoms with Crippen molar-refractivity contribution in [2.75, 3.05) is 6.54 Å². The van der Waals surface area contributed by atoms with Gasteiger partial charge in [0.05, 0.1) is 6.54 Å². The summed E-state index contributed by atoms with van der Waals surface area (Å²) in [6.07, 6.45) is 4.67. The van der Waals surface area contributed by atoms with Gasteiger partial charge in [-0.15, -0.1) is 0 Å². The van der Waals surface area contributed by atoms with Crippen molar-refractivity contribution in [2.24, 2.45) is 9.98 Å². The lowest BCUT2D eigenvalue weighted by Crippen LogP contribution is -2.28. The summed E-state index contributed by atoms with van der Waals surface area (Å²) in [5.74, 6) is 0. The van der Waals surface area contributed by atoms with Crippen molar-refractivity contribution in [1.82, 2.24) is 0 Å². The van der Waals surface area contributed by atoms with Crippen LogP contribution >= 0.6 is 0 Å². The number of fused-ring (bicyclic) bond motifs is 1. The molecule has 3 heteroatoms. The number of hydrogen-bond donors (Lipinski definition) is 0. The van der Waals surface area contributed by atoms with E-state index in [0.29, 0.717) is 12.1 Å². The Labute approximate surface area is 53.5 Å². The molecule has 0 spiro atoms. The van der Waals surface area contributed by atoms with Gasteiger partial charge in [0.15, 0.2) is 6.40 Å². The van der Waals surface area contributed by atoms with Gasteiger partial charge in [0.2, 0.25) is 0 Å². The van der Waals surface area contributed by atoms with Gasteiger partial charge in [0, 0.05) is 12.6 Å². The fourth-order valence-electron chi connectivity index (χ4n) is 1.12. The molecule has 0 bridgehead atoms. The molecule has 2 rings (SSSR count). The van der Waals surface area contributed by atoms with Crippen LogP contribution < -0.4 is 0 Å². The van der Waals surface area contributed by atoms with Crippen LogP contribution in [0.1, 0.15) is 6.42 Å². The summed E-state index contributed by atoms with van der Waals surface area (Å²) in [7, 11) is 0. The van der Waals surface area contributed by atoms with Crippen molar-refractivity contribution in [3.05, 3.63) is 0 Å². The van der Waals surface area contributed by atoms with Crippen LogP contribution in [0, 0.1) is 0 Å². The standard InChI is InChI=1S/C6H8N2O/c1-2-7-3-5-6(1)9-4-8-5/h2,4-6H,1,3H2. The Morgan fingerprint density at radius 3 is 3.44 bits per heavy atom. The third kappa shape index (κ3) is 0.724. The molecule has 0 aromatic rings. The Morgan fingerprint density at radius 2 is 2.56 bits per heavy atom.